The van der Waals surface area contributed by atoms with E-state index < -0.39 is 0 Å². The fourth-order valence-electron chi connectivity index (χ4n) is 2.08. The molecule has 0 aliphatic heterocycles. The molecule has 2 aromatic rings. The molecule has 0 bridgehead atoms. The number of imidazole rings is 1. The second kappa shape index (κ2) is 6.59. The first-order valence-corrected chi connectivity index (χ1v) is 7.49. The van der Waals surface area contributed by atoms with Gasteiger partial charge < -0.3 is 15.0 Å². The smallest absolute Gasteiger partial charge is 0.180 e. The highest BCUT2D eigenvalue weighted by molar-refractivity contribution is 5.65. The fraction of sp³-hybridized carbons (Fsp3) is 0.600. The number of anilines is 2. The van der Waals surface area contributed by atoms with Crippen molar-refractivity contribution in [2.45, 2.75) is 46.6 Å². The predicted octanol–water partition coefficient (Wildman–Crippen LogP) is 3.40. The van der Waals surface area contributed by atoms with Crippen molar-refractivity contribution in [3.8, 4) is 0 Å². The lowest BCUT2D eigenvalue weighted by atomic mass is 10.0. The number of aromatic nitrogens is 3. The maximum atomic E-state index is 4.66. The quantitative estimate of drug-likeness (QED) is 0.813. The Labute approximate surface area is 120 Å². The molecule has 0 amide bonds. The highest BCUT2D eigenvalue weighted by Gasteiger charge is 2.14. The van der Waals surface area contributed by atoms with Crippen LogP contribution >= 0.6 is 0 Å². The third-order valence-corrected chi connectivity index (χ3v) is 3.79. The van der Waals surface area contributed by atoms with Gasteiger partial charge in [-0.15, -0.1) is 0 Å². The largest absolute Gasteiger partial charge is 0.369 e. The molecule has 20 heavy (non-hydrogen) atoms. The van der Waals surface area contributed by atoms with Gasteiger partial charge in [0.2, 0.25) is 0 Å². The lowest BCUT2D eigenvalue weighted by Gasteiger charge is -2.21. The molecular weight excluding hydrogens is 250 g/mol. The Kier molecular flexibility index (Phi) is 4.82. The van der Waals surface area contributed by atoms with Crippen LogP contribution < -0.4 is 10.6 Å². The van der Waals surface area contributed by atoms with Gasteiger partial charge >= 0.3 is 0 Å². The summed E-state index contributed by atoms with van der Waals surface area (Å²) >= 11 is 0. The van der Waals surface area contributed by atoms with E-state index in [4.69, 9.17) is 0 Å². The van der Waals surface area contributed by atoms with Crippen molar-refractivity contribution in [2.24, 2.45) is 5.92 Å². The molecule has 2 unspecified atom stereocenters. The van der Waals surface area contributed by atoms with Crippen molar-refractivity contribution >= 4 is 17.3 Å². The Morgan fingerprint density at radius 2 is 2.10 bits per heavy atom. The number of rotatable bonds is 7. The molecule has 0 spiro atoms. The molecule has 5 heteroatoms. The zero-order chi connectivity index (χ0) is 14.5. The average Bonchev–Trinajstić information content (AvgIpc) is 2.92. The molecule has 0 aliphatic carbocycles. The van der Waals surface area contributed by atoms with E-state index in [0.29, 0.717) is 12.0 Å². The van der Waals surface area contributed by atoms with Crippen molar-refractivity contribution < 1.29 is 0 Å². The molecular formula is C15H25N5. The third kappa shape index (κ3) is 3.21. The van der Waals surface area contributed by atoms with E-state index in [1.807, 2.05) is 16.8 Å². The van der Waals surface area contributed by atoms with Crippen LogP contribution in [0.15, 0.2) is 18.6 Å². The summed E-state index contributed by atoms with van der Waals surface area (Å²) in [5, 5.41) is 6.84. The standard InChI is InChI=1S/C15H25N5/c1-5-7-16-13-10-20-9-8-17-15(20)14(19-13)18-12(4)11(3)6-2/h8-12,16H,5-7H2,1-4H3,(H,18,19). The molecule has 110 valence electrons. The van der Waals surface area contributed by atoms with Gasteiger partial charge in [0.05, 0.1) is 6.20 Å². The van der Waals surface area contributed by atoms with Crippen LogP contribution in [0.1, 0.15) is 40.5 Å². The first-order chi connectivity index (χ1) is 9.65. The zero-order valence-corrected chi connectivity index (χ0v) is 12.8. The molecule has 0 fully saturated rings. The van der Waals surface area contributed by atoms with Crippen molar-refractivity contribution in [3.05, 3.63) is 18.6 Å². The van der Waals surface area contributed by atoms with Gasteiger partial charge in [-0.1, -0.05) is 27.2 Å². The van der Waals surface area contributed by atoms with Crippen LogP contribution in [-0.2, 0) is 0 Å². The lowest BCUT2D eigenvalue weighted by molar-refractivity contribution is 0.494. The topological polar surface area (TPSA) is 54.2 Å². The van der Waals surface area contributed by atoms with Gasteiger partial charge in [0, 0.05) is 25.0 Å². The molecule has 2 N–H and O–H groups in total. The van der Waals surface area contributed by atoms with Crippen molar-refractivity contribution in [3.63, 3.8) is 0 Å². The molecule has 0 aliphatic rings. The molecule has 5 nitrogen and oxygen atoms in total. The summed E-state index contributed by atoms with van der Waals surface area (Å²) in [5.41, 5.74) is 0.877. The van der Waals surface area contributed by atoms with Gasteiger partial charge in [0.25, 0.3) is 0 Å². The van der Waals surface area contributed by atoms with Gasteiger partial charge in [-0.25, -0.2) is 9.97 Å². The first kappa shape index (κ1) is 14.6. The summed E-state index contributed by atoms with van der Waals surface area (Å²) in [4.78, 5) is 9.05. The fourth-order valence-corrected chi connectivity index (χ4v) is 2.08. The van der Waals surface area contributed by atoms with Crippen LogP contribution in [0, 0.1) is 5.92 Å². The zero-order valence-electron chi connectivity index (χ0n) is 12.8. The lowest BCUT2D eigenvalue weighted by Crippen LogP contribution is -2.24. The second-order valence-corrected chi connectivity index (χ2v) is 5.38. The summed E-state index contributed by atoms with van der Waals surface area (Å²) in [6.45, 7) is 9.72. The second-order valence-electron chi connectivity index (χ2n) is 5.38. The molecule has 0 radical (unpaired) electrons. The Morgan fingerprint density at radius 3 is 2.80 bits per heavy atom. The van der Waals surface area contributed by atoms with E-state index in [0.717, 1.165) is 36.7 Å². The minimum absolute atomic E-state index is 0.370. The van der Waals surface area contributed by atoms with Gasteiger partial charge in [-0.3, -0.25) is 0 Å². The van der Waals surface area contributed by atoms with Gasteiger partial charge in [-0.05, 0) is 19.3 Å². The highest BCUT2D eigenvalue weighted by atomic mass is 15.2. The van der Waals surface area contributed by atoms with Gasteiger partial charge in [-0.2, -0.15) is 0 Å². The van der Waals surface area contributed by atoms with Crippen molar-refractivity contribution in [1.29, 1.82) is 0 Å². The van der Waals surface area contributed by atoms with E-state index in [9.17, 15) is 0 Å². The molecule has 2 rings (SSSR count). The van der Waals surface area contributed by atoms with Gasteiger partial charge in [0.15, 0.2) is 11.5 Å². The summed E-state index contributed by atoms with van der Waals surface area (Å²) in [7, 11) is 0. The molecule has 2 aromatic heterocycles. The summed E-state index contributed by atoms with van der Waals surface area (Å²) in [5.74, 6) is 2.33. The Hall–Kier alpha value is -1.78. The third-order valence-electron chi connectivity index (χ3n) is 3.79. The van der Waals surface area contributed by atoms with E-state index in [1.54, 1.807) is 6.20 Å². The molecule has 2 heterocycles. The first-order valence-electron chi connectivity index (χ1n) is 7.49. The number of hydrogen-bond donors (Lipinski definition) is 2. The van der Waals surface area contributed by atoms with Crippen molar-refractivity contribution in [1.82, 2.24) is 14.4 Å². The maximum absolute atomic E-state index is 4.66. The monoisotopic (exact) mass is 275 g/mol. The Balaban J connectivity index is 2.27. The number of nitrogens with zero attached hydrogens (tertiary/aromatic N) is 3. The number of nitrogens with one attached hydrogen (secondary N) is 2. The van der Waals surface area contributed by atoms with Crippen LogP contribution in [-0.4, -0.2) is 27.0 Å². The van der Waals surface area contributed by atoms with Crippen LogP contribution in [0.25, 0.3) is 5.65 Å². The Morgan fingerprint density at radius 1 is 1.30 bits per heavy atom. The highest BCUT2D eigenvalue weighted by Crippen LogP contribution is 2.19. The SMILES string of the molecule is CCCNc1cn2ccnc2c(NC(C)C(C)CC)n1. The van der Waals surface area contributed by atoms with E-state index in [-0.39, 0.29) is 0 Å². The Bertz CT molecular complexity index is 548. The summed E-state index contributed by atoms with van der Waals surface area (Å²) < 4.78 is 2.01. The summed E-state index contributed by atoms with van der Waals surface area (Å²) in [6, 6.07) is 0.370. The summed E-state index contributed by atoms with van der Waals surface area (Å²) in [6.07, 6.45) is 7.96. The van der Waals surface area contributed by atoms with Gasteiger partial charge in [0.1, 0.15) is 5.82 Å². The van der Waals surface area contributed by atoms with E-state index >= 15 is 0 Å². The van der Waals surface area contributed by atoms with Crippen LogP contribution in [0.3, 0.4) is 0 Å². The maximum Gasteiger partial charge on any atom is 0.180 e. The number of fused-ring (bicyclic) bond motifs is 1. The number of hydrogen-bond acceptors (Lipinski definition) is 4. The minimum Gasteiger partial charge on any atom is -0.369 e. The predicted molar refractivity (Wildman–Crippen MR) is 84.3 cm³/mol. The molecule has 0 saturated heterocycles. The van der Waals surface area contributed by atoms with Crippen molar-refractivity contribution in [2.75, 3.05) is 17.2 Å². The molecule has 0 saturated carbocycles. The van der Waals surface area contributed by atoms with Crippen LogP contribution in [0.5, 0.6) is 0 Å². The van der Waals surface area contributed by atoms with E-state index in [2.05, 4.69) is 48.3 Å². The van der Waals surface area contributed by atoms with E-state index in [1.165, 1.54) is 0 Å². The minimum atomic E-state index is 0.370. The molecule has 0 aromatic carbocycles. The van der Waals surface area contributed by atoms with Crippen LogP contribution in [0.4, 0.5) is 11.6 Å². The normalized spacial score (nSPS) is 14.2. The molecule has 2 atom stereocenters. The average molecular weight is 275 g/mol. The van der Waals surface area contributed by atoms with Crippen LogP contribution in [0.2, 0.25) is 0 Å².